The van der Waals surface area contributed by atoms with Crippen LogP contribution in [0, 0.1) is 5.92 Å². The first-order chi connectivity index (χ1) is 9.22. The first-order valence-electron chi connectivity index (χ1n) is 7.54. The van der Waals surface area contributed by atoms with Crippen LogP contribution in [0.2, 0.25) is 0 Å². The Morgan fingerprint density at radius 3 is 2.53 bits per heavy atom. The lowest BCUT2D eigenvalue weighted by atomic mass is 9.76. The molecule has 1 saturated carbocycles. The molecule has 1 N–H and O–H groups in total. The lowest BCUT2D eigenvalue weighted by molar-refractivity contribution is 0.0694. The average molecular weight is 260 g/mol. The van der Waals surface area contributed by atoms with E-state index in [1.165, 1.54) is 32.1 Å². The number of unbranched alkanes of at least 4 members (excludes halogenated alkanes) is 1. The van der Waals surface area contributed by atoms with Crippen molar-refractivity contribution in [2.75, 3.05) is 0 Å². The first-order valence-corrected chi connectivity index (χ1v) is 7.54. The van der Waals surface area contributed by atoms with Crippen LogP contribution in [-0.2, 0) is 0 Å². The van der Waals surface area contributed by atoms with Crippen LogP contribution in [0.25, 0.3) is 0 Å². The van der Waals surface area contributed by atoms with Gasteiger partial charge in [-0.15, -0.1) is 0 Å². The van der Waals surface area contributed by atoms with Gasteiger partial charge in [0.25, 0.3) is 0 Å². The van der Waals surface area contributed by atoms with Gasteiger partial charge in [0.2, 0.25) is 0 Å². The van der Waals surface area contributed by atoms with E-state index >= 15 is 0 Å². The van der Waals surface area contributed by atoms with Crippen LogP contribution in [0.1, 0.15) is 73.7 Å². The van der Waals surface area contributed by atoms with Gasteiger partial charge in [-0.2, -0.15) is 0 Å². The van der Waals surface area contributed by atoms with Gasteiger partial charge in [-0.05, 0) is 49.1 Å². The van der Waals surface area contributed by atoms with Crippen molar-refractivity contribution in [3.8, 4) is 0 Å². The Labute approximate surface area is 115 Å². The van der Waals surface area contributed by atoms with Crippen molar-refractivity contribution in [2.45, 2.75) is 57.8 Å². The highest BCUT2D eigenvalue weighted by atomic mass is 16.4. The molecule has 0 bridgehead atoms. The Hall–Kier alpha value is -1.31. The topological polar surface area (TPSA) is 37.3 Å². The summed E-state index contributed by atoms with van der Waals surface area (Å²) in [5, 5.41) is 9.26. The molecule has 1 fully saturated rings. The fourth-order valence-corrected chi connectivity index (χ4v) is 3.30. The molecule has 0 amide bonds. The van der Waals surface area contributed by atoms with Crippen molar-refractivity contribution >= 4 is 5.97 Å². The molecule has 2 heteroatoms. The van der Waals surface area contributed by atoms with Crippen molar-refractivity contribution in [3.63, 3.8) is 0 Å². The molecule has 0 heterocycles. The fourth-order valence-electron chi connectivity index (χ4n) is 3.30. The molecular weight excluding hydrogens is 236 g/mol. The summed E-state index contributed by atoms with van der Waals surface area (Å²) in [5.41, 5.74) is 1.54. The van der Waals surface area contributed by atoms with E-state index in [0.717, 1.165) is 24.3 Å². The van der Waals surface area contributed by atoms with E-state index in [4.69, 9.17) is 0 Å². The number of carbonyl (C=O) groups is 1. The van der Waals surface area contributed by atoms with Gasteiger partial charge in [-0.1, -0.05) is 44.4 Å². The van der Waals surface area contributed by atoms with Crippen LogP contribution in [0.3, 0.4) is 0 Å². The van der Waals surface area contributed by atoms with Gasteiger partial charge in [-0.3, -0.25) is 0 Å². The molecule has 0 atom stereocenters. The third-order valence-corrected chi connectivity index (χ3v) is 4.44. The maximum atomic E-state index is 11.3. The zero-order valence-electron chi connectivity index (χ0n) is 11.8. The van der Waals surface area contributed by atoms with Crippen molar-refractivity contribution in [2.24, 2.45) is 5.92 Å². The number of aromatic carboxylic acids is 1. The Morgan fingerprint density at radius 2 is 1.89 bits per heavy atom. The Kier molecular flexibility index (Phi) is 5.00. The molecule has 0 spiro atoms. The quantitative estimate of drug-likeness (QED) is 0.821. The summed E-state index contributed by atoms with van der Waals surface area (Å²) < 4.78 is 0. The summed E-state index contributed by atoms with van der Waals surface area (Å²) in [5.74, 6) is 0.530. The predicted molar refractivity (Wildman–Crippen MR) is 77.6 cm³/mol. The van der Waals surface area contributed by atoms with Gasteiger partial charge >= 0.3 is 5.97 Å². The average Bonchev–Trinajstić information content (AvgIpc) is 2.45. The standard InChI is InChI=1S/C17H24O2/c1-2-3-6-13-9-11-14(12-10-13)15-7-4-5-8-16(15)17(18)19/h4-5,7-8,13-14H,2-3,6,9-12H2,1H3,(H,18,19)/t13-,14-. The molecule has 1 aromatic rings. The normalized spacial score (nSPS) is 23.2. The van der Waals surface area contributed by atoms with Crippen LogP contribution >= 0.6 is 0 Å². The fraction of sp³-hybridized carbons (Fsp3) is 0.588. The highest BCUT2D eigenvalue weighted by Crippen LogP contribution is 2.38. The summed E-state index contributed by atoms with van der Waals surface area (Å²) in [4.78, 5) is 11.3. The summed E-state index contributed by atoms with van der Waals surface area (Å²) in [6.45, 7) is 2.24. The maximum Gasteiger partial charge on any atom is 0.335 e. The van der Waals surface area contributed by atoms with E-state index < -0.39 is 5.97 Å². The van der Waals surface area contributed by atoms with Crippen LogP contribution in [0.15, 0.2) is 24.3 Å². The SMILES string of the molecule is CCCC[C@H]1CC[C@H](c2ccccc2C(=O)O)CC1. The third-order valence-electron chi connectivity index (χ3n) is 4.44. The van der Waals surface area contributed by atoms with Crippen molar-refractivity contribution in [1.82, 2.24) is 0 Å². The van der Waals surface area contributed by atoms with Gasteiger partial charge in [0.1, 0.15) is 0 Å². The number of carboxylic acids is 1. The van der Waals surface area contributed by atoms with Crippen LogP contribution in [0.5, 0.6) is 0 Å². The minimum Gasteiger partial charge on any atom is -0.478 e. The molecule has 0 aliphatic heterocycles. The maximum absolute atomic E-state index is 11.3. The zero-order valence-corrected chi connectivity index (χ0v) is 11.8. The molecule has 0 aromatic heterocycles. The Morgan fingerprint density at radius 1 is 1.21 bits per heavy atom. The van der Waals surface area contributed by atoms with Crippen molar-refractivity contribution in [3.05, 3.63) is 35.4 Å². The minimum absolute atomic E-state index is 0.449. The van der Waals surface area contributed by atoms with E-state index in [0.29, 0.717) is 11.5 Å². The van der Waals surface area contributed by atoms with Crippen LogP contribution in [-0.4, -0.2) is 11.1 Å². The van der Waals surface area contributed by atoms with Crippen LogP contribution < -0.4 is 0 Å². The Balaban J connectivity index is 2.00. The second-order valence-electron chi connectivity index (χ2n) is 5.75. The molecule has 0 saturated heterocycles. The molecule has 19 heavy (non-hydrogen) atoms. The first kappa shape index (κ1) is 14.1. The van der Waals surface area contributed by atoms with E-state index in [2.05, 4.69) is 6.92 Å². The third kappa shape index (κ3) is 3.59. The second-order valence-corrected chi connectivity index (χ2v) is 5.75. The van der Waals surface area contributed by atoms with Gasteiger partial charge in [0, 0.05) is 0 Å². The number of benzene rings is 1. The summed E-state index contributed by atoms with van der Waals surface area (Å²) >= 11 is 0. The lowest BCUT2D eigenvalue weighted by Gasteiger charge is -2.29. The monoisotopic (exact) mass is 260 g/mol. The van der Waals surface area contributed by atoms with Gasteiger partial charge in [0.15, 0.2) is 0 Å². The molecule has 104 valence electrons. The number of hydrogen-bond donors (Lipinski definition) is 1. The molecule has 0 unspecified atom stereocenters. The van der Waals surface area contributed by atoms with E-state index in [9.17, 15) is 9.90 Å². The summed E-state index contributed by atoms with van der Waals surface area (Å²) in [7, 11) is 0. The zero-order chi connectivity index (χ0) is 13.7. The van der Waals surface area contributed by atoms with Crippen molar-refractivity contribution < 1.29 is 9.90 Å². The molecule has 2 rings (SSSR count). The predicted octanol–water partition coefficient (Wildman–Crippen LogP) is 4.85. The highest BCUT2D eigenvalue weighted by Gasteiger charge is 2.24. The van der Waals surface area contributed by atoms with Gasteiger partial charge in [0.05, 0.1) is 5.56 Å². The minimum atomic E-state index is -0.788. The second kappa shape index (κ2) is 6.74. The molecule has 0 radical (unpaired) electrons. The smallest absolute Gasteiger partial charge is 0.335 e. The van der Waals surface area contributed by atoms with E-state index in [1.54, 1.807) is 6.07 Å². The largest absolute Gasteiger partial charge is 0.478 e. The molecule has 2 nitrogen and oxygen atoms in total. The number of carboxylic acid groups (broad SMARTS) is 1. The number of rotatable bonds is 5. The van der Waals surface area contributed by atoms with Gasteiger partial charge < -0.3 is 5.11 Å². The molecule has 1 aromatic carbocycles. The summed E-state index contributed by atoms with van der Waals surface area (Å²) in [6.07, 6.45) is 8.79. The molecular formula is C17H24O2. The van der Waals surface area contributed by atoms with E-state index in [-0.39, 0.29) is 0 Å². The van der Waals surface area contributed by atoms with E-state index in [1.807, 2.05) is 18.2 Å². The van der Waals surface area contributed by atoms with Gasteiger partial charge in [-0.25, -0.2) is 4.79 Å². The van der Waals surface area contributed by atoms with Crippen LogP contribution in [0.4, 0.5) is 0 Å². The molecule has 1 aliphatic carbocycles. The summed E-state index contributed by atoms with van der Waals surface area (Å²) in [6, 6.07) is 7.52. The molecule has 1 aliphatic rings. The number of hydrogen-bond acceptors (Lipinski definition) is 1. The highest BCUT2D eigenvalue weighted by molar-refractivity contribution is 5.89. The van der Waals surface area contributed by atoms with Crippen molar-refractivity contribution in [1.29, 1.82) is 0 Å². The Bertz CT molecular complexity index is 417. The lowest BCUT2D eigenvalue weighted by Crippen LogP contribution is -2.15.